The van der Waals surface area contributed by atoms with Gasteiger partial charge in [0, 0.05) is 30.5 Å². The molecule has 1 aromatic rings. The maximum atomic E-state index is 12.1. The van der Waals surface area contributed by atoms with E-state index in [0.717, 1.165) is 25.0 Å². The fourth-order valence-corrected chi connectivity index (χ4v) is 5.29. The molecular formula is C22H29N5O6S. The van der Waals surface area contributed by atoms with Gasteiger partial charge in [0.2, 0.25) is 5.91 Å². The molecule has 5 amide bonds. The van der Waals surface area contributed by atoms with Crippen molar-refractivity contribution in [3.63, 3.8) is 0 Å². The van der Waals surface area contributed by atoms with Crippen molar-refractivity contribution in [3.8, 4) is 11.8 Å². The van der Waals surface area contributed by atoms with Crippen molar-refractivity contribution in [2.24, 2.45) is 0 Å². The first-order valence-electron chi connectivity index (χ1n) is 11.2. The molecule has 3 heterocycles. The summed E-state index contributed by atoms with van der Waals surface area (Å²) in [6.45, 7) is 0.802. The Morgan fingerprint density at radius 1 is 1.12 bits per heavy atom. The summed E-state index contributed by atoms with van der Waals surface area (Å²) in [5.41, 5.74) is 0. The lowest BCUT2D eigenvalue weighted by atomic mass is 10.0. The van der Waals surface area contributed by atoms with Gasteiger partial charge in [-0.2, -0.15) is 11.8 Å². The quantitative estimate of drug-likeness (QED) is 0.152. The Morgan fingerprint density at radius 3 is 2.76 bits per heavy atom. The van der Waals surface area contributed by atoms with Gasteiger partial charge in [-0.3, -0.25) is 9.59 Å². The zero-order chi connectivity index (χ0) is 24.3. The second kappa shape index (κ2) is 12.8. The molecular weight excluding hydrogens is 462 g/mol. The molecule has 2 aliphatic rings. The number of carbonyl (C=O) groups is 4. The Bertz CT molecular complexity index is 955. The highest BCUT2D eigenvalue weighted by Gasteiger charge is 2.42. The van der Waals surface area contributed by atoms with E-state index in [1.807, 2.05) is 11.8 Å². The van der Waals surface area contributed by atoms with Crippen LogP contribution in [0, 0.1) is 11.8 Å². The van der Waals surface area contributed by atoms with Gasteiger partial charge >= 0.3 is 12.1 Å². The van der Waals surface area contributed by atoms with Crippen molar-refractivity contribution in [2.75, 3.05) is 25.4 Å². The first kappa shape index (κ1) is 25.3. The number of nitrogens with one attached hydrogen (secondary N) is 5. The highest BCUT2D eigenvalue weighted by atomic mass is 32.2. The Balaban J connectivity index is 1.21. The van der Waals surface area contributed by atoms with Gasteiger partial charge in [0.05, 0.1) is 18.6 Å². The summed E-state index contributed by atoms with van der Waals surface area (Å²) in [4.78, 5) is 45.8. The summed E-state index contributed by atoms with van der Waals surface area (Å²) in [5, 5.41) is 22.4. The van der Waals surface area contributed by atoms with Gasteiger partial charge in [-0.05, 0) is 37.3 Å². The molecule has 12 heteroatoms. The summed E-state index contributed by atoms with van der Waals surface area (Å²) in [5.74, 6) is 6.11. The van der Waals surface area contributed by atoms with Crippen LogP contribution in [0.3, 0.4) is 0 Å². The third-order valence-corrected chi connectivity index (χ3v) is 6.92. The number of rotatable bonds is 11. The molecule has 2 aliphatic heterocycles. The van der Waals surface area contributed by atoms with Gasteiger partial charge in [-0.15, -0.1) is 0 Å². The molecule has 0 saturated carbocycles. The Morgan fingerprint density at radius 2 is 1.94 bits per heavy atom. The fourth-order valence-electron chi connectivity index (χ4n) is 3.75. The van der Waals surface area contributed by atoms with Crippen molar-refractivity contribution in [2.45, 2.75) is 49.4 Å². The van der Waals surface area contributed by atoms with Crippen LogP contribution in [0.25, 0.3) is 0 Å². The zero-order valence-electron chi connectivity index (χ0n) is 18.6. The number of carbonyl (C=O) groups excluding carboxylic acids is 3. The standard InChI is InChI=1S/C22H29N5O6S/c28-18(7-2-1-6-17-19-15(13-34-17)26-21(30)27-19)23-11-4-12-24-20(29)16-9-8-14(33-16)5-3-10-25-22(31)32/h8-9,15,17,19,25H,1-2,4,6-7,10-13H2,(H,23,28)(H,24,29)(H,31,32)(H2,26,27,30)/t15-,17-,19-/m0/s1. The second-order valence-corrected chi connectivity index (χ2v) is 9.22. The third kappa shape index (κ3) is 7.91. The SMILES string of the molecule is O=C(O)NCC#Cc1ccc(C(=O)NCCCNC(=O)CCCC[C@@H]2SC[C@@H]3NC(=O)N[C@@H]32)o1. The number of hydrogen-bond donors (Lipinski definition) is 6. The topological polar surface area (TPSA) is 162 Å². The molecule has 6 N–H and O–H groups in total. The zero-order valence-corrected chi connectivity index (χ0v) is 19.5. The molecule has 0 spiro atoms. The van der Waals surface area contributed by atoms with Crippen LogP contribution in [-0.2, 0) is 4.79 Å². The number of thioether (sulfide) groups is 1. The van der Waals surface area contributed by atoms with E-state index in [-0.39, 0.29) is 48.0 Å². The molecule has 3 rings (SSSR count). The van der Waals surface area contributed by atoms with Crippen molar-refractivity contribution in [3.05, 3.63) is 23.7 Å². The van der Waals surface area contributed by atoms with Crippen molar-refractivity contribution >= 4 is 35.7 Å². The molecule has 0 aliphatic carbocycles. The van der Waals surface area contributed by atoms with Crippen LogP contribution in [0.2, 0.25) is 0 Å². The monoisotopic (exact) mass is 491 g/mol. The maximum Gasteiger partial charge on any atom is 0.405 e. The minimum absolute atomic E-state index is 0.00856. The largest absolute Gasteiger partial charge is 0.465 e. The highest BCUT2D eigenvalue weighted by molar-refractivity contribution is 8.00. The van der Waals surface area contributed by atoms with E-state index in [2.05, 4.69) is 38.4 Å². The summed E-state index contributed by atoms with van der Waals surface area (Å²) in [6, 6.07) is 3.37. The number of amides is 5. The van der Waals surface area contributed by atoms with Crippen LogP contribution < -0.4 is 26.6 Å². The van der Waals surface area contributed by atoms with Crippen molar-refractivity contribution in [1.29, 1.82) is 0 Å². The minimum Gasteiger partial charge on any atom is -0.465 e. The van der Waals surface area contributed by atoms with Gasteiger partial charge < -0.3 is 36.1 Å². The van der Waals surface area contributed by atoms with Gasteiger partial charge in [-0.25, -0.2) is 9.59 Å². The normalized spacial score (nSPS) is 20.4. The summed E-state index contributed by atoms with van der Waals surface area (Å²) in [6.07, 6.45) is 2.59. The molecule has 0 unspecified atom stereocenters. The summed E-state index contributed by atoms with van der Waals surface area (Å²) >= 11 is 1.87. The van der Waals surface area contributed by atoms with Crippen LogP contribution in [0.4, 0.5) is 9.59 Å². The minimum atomic E-state index is -1.17. The lowest BCUT2D eigenvalue weighted by Gasteiger charge is -2.16. The predicted octanol–water partition coefficient (Wildman–Crippen LogP) is 0.861. The second-order valence-electron chi connectivity index (χ2n) is 7.95. The number of fused-ring (bicyclic) bond motifs is 1. The lowest BCUT2D eigenvalue weighted by molar-refractivity contribution is -0.121. The van der Waals surface area contributed by atoms with Crippen LogP contribution in [0.5, 0.6) is 0 Å². The Hall–Kier alpha value is -3.33. The third-order valence-electron chi connectivity index (χ3n) is 5.41. The molecule has 184 valence electrons. The van der Waals surface area contributed by atoms with Gasteiger partial charge in [-0.1, -0.05) is 12.3 Å². The van der Waals surface area contributed by atoms with Crippen LogP contribution >= 0.6 is 11.8 Å². The Kier molecular flexibility index (Phi) is 9.51. The lowest BCUT2D eigenvalue weighted by Crippen LogP contribution is -2.36. The molecule has 0 radical (unpaired) electrons. The van der Waals surface area contributed by atoms with E-state index in [0.29, 0.717) is 31.2 Å². The number of carboxylic acid groups (broad SMARTS) is 1. The summed E-state index contributed by atoms with van der Waals surface area (Å²) < 4.78 is 5.31. The number of furan rings is 1. The molecule has 34 heavy (non-hydrogen) atoms. The summed E-state index contributed by atoms with van der Waals surface area (Å²) in [7, 11) is 0. The van der Waals surface area contributed by atoms with Crippen molar-refractivity contribution in [1.82, 2.24) is 26.6 Å². The molecule has 11 nitrogen and oxygen atoms in total. The van der Waals surface area contributed by atoms with Crippen LogP contribution in [0.1, 0.15) is 48.4 Å². The van der Waals surface area contributed by atoms with Crippen molar-refractivity contribution < 1.29 is 28.7 Å². The molecule has 1 aromatic heterocycles. The first-order chi connectivity index (χ1) is 16.4. The van der Waals surface area contributed by atoms with Gasteiger partial charge in [0.25, 0.3) is 5.91 Å². The average molecular weight is 492 g/mol. The average Bonchev–Trinajstić information content (AvgIpc) is 3.50. The molecule has 2 fully saturated rings. The first-order valence-corrected chi connectivity index (χ1v) is 12.3. The fraction of sp³-hybridized carbons (Fsp3) is 0.545. The number of urea groups is 1. The van der Waals surface area contributed by atoms with E-state index in [9.17, 15) is 19.2 Å². The molecule has 2 saturated heterocycles. The maximum absolute atomic E-state index is 12.1. The van der Waals surface area contributed by atoms with E-state index in [1.54, 1.807) is 0 Å². The smallest absolute Gasteiger partial charge is 0.405 e. The predicted molar refractivity (Wildman–Crippen MR) is 126 cm³/mol. The van der Waals surface area contributed by atoms with Gasteiger partial charge in [0.15, 0.2) is 11.5 Å². The van der Waals surface area contributed by atoms with E-state index >= 15 is 0 Å². The number of unbranched alkanes of at least 4 members (excludes halogenated alkanes) is 1. The van der Waals surface area contributed by atoms with Gasteiger partial charge in [0.1, 0.15) is 0 Å². The number of hydrogen-bond acceptors (Lipinski definition) is 6. The highest BCUT2D eigenvalue weighted by Crippen LogP contribution is 2.33. The molecule has 3 atom stereocenters. The van der Waals surface area contributed by atoms with E-state index < -0.39 is 6.09 Å². The van der Waals surface area contributed by atoms with E-state index in [1.165, 1.54) is 12.1 Å². The van der Waals surface area contributed by atoms with E-state index in [4.69, 9.17) is 9.52 Å². The van der Waals surface area contributed by atoms with Crippen LogP contribution in [0.15, 0.2) is 16.5 Å². The molecule has 0 bridgehead atoms. The molecule has 0 aromatic carbocycles. The van der Waals surface area contributed by atoms with Crippen LogP contribution in [-0.4, -0.2) is 71.8 Å². The Labute approximate surface area is 201 Å².